The predicted molar refractivity (Wildman–Crippen MR) is 111 cm³/mol. The largest absolute Gasteiger partial charge is 0.338 e. The lowest BCUT2D eigenvalue weighted by Gasteiger charge is -2.17. The molecule has 154 valence electrons. The van der Waals surface area contributed by atoms with Crippen molar-refractivity contribution in [3.63, 3.8) is 0 Å². The second-order valence-corrected chi connectivity index (χ2v) is 7.65. The highest BCUT2D eigenvalue weighted by Crippen LogP contribution is 2.18. The molecular weight excluding hydrogens is 380 g/mol. The molecule has 1 aliphatic heterocycles. The highest BCUT2D eigenvalue weighted by Gasteiger charge is 2.20. The molecule has 0 saturated carbocycles. The zero-order valence-electron chi connectivity index (χ0n) is 17.2. The minimum atomic E-state index is -0.131. The summed E-state index contributed by atoms with van der Waals surface area (Å²) in [5.74, 6) is 0.950. The van der Waals surface area contributed by atoms with Gasteiger partial charge in [0.05, 0.1) is 6.54 Å². The van der Waals surface area contributed by atoms with Crippen molar-refractivity contribution in [2.45, 2.75) is 32.9 Å². The van der Waals surface area contributed by atoms with Crippen molar-refractivity contribution in [1.82, 2.24) is 19.9 Å². The van der Waals surface area contributed by atoms with Gasteiger partial charge in [-0.1, -0.05) is 47.1 Å². The third kappa shape index (κ3) is 4.40. The fraction of sp³-hybridized carbons (Fsp3) is 0.304. The van der Waals surface area contributed by atoms with Crippen LogP contribution in [0.2, 0.25) is 0 Å². The van der Waals surface area contributed by atoms with Crippen LogP contribution in [0.1, 0.15) is 40.2 Å². The lowest BCUT2D eigenvalue weighted by atomic mass is 10.1. The Kier molecular flexibility index (Phi) is 5.61. The molecule has 2 heterocycles. The van der Waals surface area contributed by atoms with E-state index < -0.39 is 0 Å². The van der Waals surface area contributed by atoms with E-state index in [1.807, 2.05) is 48.2 Å². The van der Waals surface area contributed by atoms with E-state index in [1.165, 1.54) is 0 Å². The molecule has 3 aromatic rings. The summed E-state index contributed by atoms with van der Waals surface area (Å²) < 4.78 is 5.32. The van der Waals surface area contributed by atoms with E-state index in [4.69, 9.17) is 4.52 Å². The number of hydrogen-bond acceptors (Lipinski definition) is 5. The smallest absolute Gasteiger partial charge is 0.254 e. The molecule has 0 unspecified atom stereocenters. The zero-order chi connectivity index (χ0) is 21.1. The van der Waals surface area contributed by atoms with Gasteiger partial charge in [-0.3, -0.25) is 9.59 Å². The Bertz CT molecular complexity index is 1040. The maximum absolute atomic E-state index is 12.7. The van der Waals surface area contributed by atoms with Gasteiger partial charge < -0.3 is 14.3 Å². The molecule has 7 nitrogen and oxygen atoms in total. The Morgan fingerprint density at radius 3 is 2.53 bits per heavy atom. The van der Waals surface area contributed by atoms with Gasteiger partial charge in [0, 0.05) is 37.7 Å². The number of carbonyl (C=O) groups excluding carboxylic acids is 2. The molecular formula is C23H24N4O3. The number of carbonyl (C=O) groups is 2. The quantitative estimate of drug-likeness (QED) is 0.629. The molecule has 0 atom stereocenters. The van der Waals surface area contributed by atoms with Gasteiger partial charge in [0.1, 0.15) is 0 Å². The molecule has 4 rings (SSSR count). The third-order valence-electron chi connectivity index (χ3n) is 5.24. The summed E-state index contributed by atoms with van der Waals surface area (Å²) in [6, 6.07) is 15.2. The summed E-state index contributed by atoms with van der Waals surface area (Å²) in [6.45, 7) is 3.64. The summed E-state index contributed by atoms with van der Waals surface area (Å²) in [6.07, 6.45) is 1.55. The van der Waals surface area contributed by atoms with Gasteiger partial charge in [-0.25, -0.2) is 0 Å². The molecule has 30 heavy (non-hydrogen) atoms. The lowest BCUT2D eigenvalue weighted by molar-refractivity contribution is -0.128. The molecule has 0 aliphatic carbocycles. The zero-order valence-corrected chi connectivity index (χ0v) is 17.2. The first kappa shape index (κ1) is 19.8. The van der Waals surface area contributed by atoms with Crippen LogP contribution >= 0.6 is 0 Å². The molecule has 0 radical (unpaired) electrons. The number of rotatable bonds is 6. The Morgan fingerprint density at radius 1 is 1.13 bits per heavy atom. The Labute approximate surface area is 175 Å². The molecule has 0 bridgehead atoms. The van der Waals surface area contributed by atoms with E-state index >= 15 is 0 Å². The normalized spacial score (nSPS) is 13.7. The molecule has 1 fully saturated rings. The number of aryl methyl sites for hydroxylation is 1. The Balaban J connectivity index is 1.37. The number of hydrogen-bond donors (Lipinski definition) is 0. The SMILES string of the molecule is Cc1ccc(-c2noc(CN(C)C(=O)c3ccc(CN4CCCC4=O)cc3)n2)cc1. The number of benzene rings is 2. The number of amides is 2. The Hall–Kier alpha value is -3.48. The van der Waals surface area contributed by atoms with Crippen LogP contribution in [0.5, 0.6) is 0 Å². The average Bonchev–Trinajstić information content (AvgIpc) is 3.38. The fourth-order valence-corrected chi connectivity index (χ4v) is 3.48. The second-order valence-electron chi connectivity index (χ2n) is 7.65. The molecule has 7 heteroatoms. The van der Waals surface area contributed by atoms with Crippen LogP contribution < -0.4 is 0 Å². The summed E-state index contributed by atoms with van der Waals surface area (Å²) in [7, 11) is 1.70. The van der Waals surface area contributed by atoms with E-state index in [2.05, 4.69) is 10.1 Å². The minimum Gasteiger partial charge on any atom is -0.338 e. The number of nitrogens with zero attached hydrogens (tertiary/aromatic N) is 4. The topological polar surface area (TPSA) is 79.5 Å². The molecule has 0 N–H and O–H groups in total. The molecule has 2 aromatic carbocycles. The van der Waals surface area contributed by atoms with E-state index in [0.717, 1.165) is 29.7 Å². The van der Waals surface area contributed by atoms with Gasteiger partial charge in [0.25, 0.3) is 5.91 Å². The highest BCUT2D eigenvalue weighted by atomic mass is 16.5. The van der Waals surface area contributed by atoms with Crippen molar-refractivity contribution in [1.29, 1.82) is 0 Å². The predicted octanol–water partition coefficient (Wildman–Crippen LogP) is 3.44. The maximum Gasteiger partial charge on any atom is 0.254 e. The maximum atomic E-state index is 12.7. The van der Waals surface area contributed by atoms with Crippen LogP contribution in [0, 0.1) is 6.92 Å². The lowest BCUT2D eigenvalue weighted by Crippen LogP contribution is -2.26. The van der Waals surface area contributed by atoms with Crippen LogP contribution in [-0.4, -0.2) is 45.3 Å². The first-order chi connectivity index (χ1) is 14.5. The van der Waals surface area contributed by atoms with E-state index in [1.54, 1.807) is 24.1 Å². The van der Waals surface area contributed by atoms with E-state index in [-0.39, 0.29) is 18.4 Å². The van der Waals surface area contributed by atoms with E-state index in [0.29, 0.717) is 30.2 Å². The van der Waals surface area contributed by atoms with Gasteiger partial charge in [0.15, 0.2) is 0 Å². The van der Waals surface area contributed by atoms with Crippen molar-refractivity contribution in [2.75, 3.05) is 13.6 Å². The van der Waals surface area contributed by atoms with Crippen LogP contribution in [0.3, 0.4) is 0 Å². The van der Waals surface area contributed by atoms with Gasteiger partial charge in [-0.05, 0) is 31.0 Å². The average molecular weight is 404 g/mol. The van der Waals surface area contributed by atoms with Gasteiger partial charge in [0.2, 0.25) is 17.6 Å². The van der Waals surface area contributed by atoms with Crippen LogP contribution in [-0.2, 0) is 17.9 Å². The van der Waals surface area contributed by atoms with Crippen LogP contribution in [0.15, 0.2) is 53.1 Å². The van der Waals surface area contributed by atoms with Crippen molar-refractivity contribution >= 4 is 11.8 Å². The standard InChI is InChI=1S/C23H24N4O3/c1-16-5-9-18(10-6-16)22-24-20(30-25-22)15-26(2)23(29)19-11-7-17(8-12-19)14-27-13-3-4-21(27)28/h5-12H,3-4,13-15H2,1-2H3. The van der Waals surface area contributed by atoms with E-state index in [9.17, 15) is 9.59 Å². The summed E-state index contributed by atoms with van der Waals surface area (Å²) in [5, 5.41) is 4.01. The van der Waals surface area contributed by atoms with Crippen molar-refractivity contribution < 1.29 is 14.1 Å². The summed E-state index contributed by atoms with van der Waals surface area (Å²) in [4.78, 5) is 32.3. The molecule has 1 aliphatic rings. The second kappa shape index (κ2) is 8.49. The molecule has 2 amide bonds. The first-order valence-electron chi connectivity index (χ1n) is 10.0. The molecule has 1 aromatic heterocycles. The Morgan fingerprint density at radius 2 is 1.87 bits per heavy atom. The van der Waals surface area contributed by atoms with Gasteiger partial charge in [-0.15, -0.1) is 0 Å². The van der Waals surface area contributed by atoms with Gasteiger partial charge in [-0.2, -0.15) is 4.98 Å². The summed E-state index contributed by atoms with van der Waals surface area (Å²) >= 11 is 0. The monoisotopic (exact) mass is 404 g/mol. The number of aromatic nitrogens is 2. The van der Waals surface area contributed by atoms with Crippen LogP contribution in [0.4, 0.5) is 0 Å². The van der Waals surface area contributed by atoms with Gasteiger partial charge >= 0.3 is 0 Å². The molecule has 0 spiro atoms. The van der Waals surface area contributed by atoms with Crippen molar-refractivity contribution in [3.8, 4) is 11.4 Å². The van der Waals surface area contributed by atoms with Crippen molar-refractivity contribution in [2.24, 2.45) is 0 Å². The summed E-state index contributed by atoms with van der Waals surface area (Å²) in [5.41, 5.74) is 3.62. The number of likely N-dealkylation sites (tertiary alicyclic amines) is 1. The third-order valence-corrected chi connectivity index (χ3v) is 5.24. The minimum absolute atomic E-state index is 0.131. The first-order valence-corrected chi connectivity index (χ1v) is 10.0. The molecule has 1 saturated heterocycles. The fourth-order valence-electron chi connectivity index (χ4n) is 3.48. The van der Waals surface area contributed by atoms with Crippen LogP contribution in [0.25, 0.3) is 11.4 Å². The highest BCUT2D eigenvalue weighted by molar-refractivity contribution is 5.94. The van der Waals surface area contributed by atoms with Crippen molar-refractivity contribution in [3.05, 3.63) is 71.1 Å².